The summed E-state index contributed by atoms with van der Waals surface area (Å²) in [5.41, 5.74) is 3.85. The van der Waals surface area contributed by atoms with Crippen LogP contribution in [0.15, 0.2) is 48.7 Å². The van der Waals surface area contributed by atoms with E-state index < -0.39 is 17.6 Å². The summed E-state index contributed by atoms with van der Waals surface area (Å²) in [6.07, 6.45) is 4.88. The minimum absolute atomic E-state index is 0.0542. The molecule has 0 unspecified atom stereocenters. The quantitative estimate of drug-likeness (QED) is 0.293. The summed E-state index contributed by atoms with van der Waals surface area (Å²) >= 11 is 0. The predicted octanol–water partition coefficient (Wildman–Crippen LogP) is 7.88. The summed E-state index contributed by atoms with van der Waals surface area (Å²) in [7, 11) is 1.51. The second-order valence-electron chi connectivity index (χ2n) is 10.8. The Bertz CT molecular complexity index is 1310. The Balaban J connectivity index is 1.66. The third kappa shape index (κ3) is 6.14. The molecule has 1 aromatic heterocycles. The molecule has 1 saturated carbocycles. The van der Waals surface area contributed by atoms with Gasteiger partial charge in [-0.15, -0.1) is 0 Å². The van der Waals surface area contributed by atoms with Crippen LogP contribution in [0.2, 0.25) is 0 Å². The average Bonchev–Trinajstić information content (AvgIpc) is 3.24. The van der Waals surface area contributed by atoms with E-state index in [0.717, 1.165) is 36.0 Å². The first kappa shape index (κ1) is 27.6. The number of ether oxygens (including phenoxy) is 2. The number of carbonyl (C=O) groups is 1. The number of nitrogens with zero attached hydrogens (tertiary/aromatic N) is 1. The first-order valence-electron chi connectivity index (χ1n) is 13.1. The maximum Gasteiger partial charge on any atom is 0.303 e. The van der Waals surface area contributed by atoms with Gasteiger partial charge in [0.2, 0.25) is 5.88 Å². The van der Waals surface area contributed by atoms with Gasteiger partial charge in [0.25, 0.3) is 0 Å². The Morgan fingerprint density at radius 3 is 2.61 bits per heavy atom. The van der Waals surface area contributed by atoms with E-state index in [0.29, 0.717) is 29.2 Å². The van der Waals surface area contributed by atoms with Gasteiger partial charge in [-0.2, -0.15) is 0 Å². The monoisotopic (exact) mass is 523 g/mol. The SMILES string of the molecule is CC[C@@H](CC(=O)O)c1cc(F)cc(OCc2ccc(-c3cc(OC)ncc3F)c([C@H]3CCCC3(C)C)c2)c1. The summed E-state index contributed by atoms with van der Waals surface area (Å²) in [6.45, 7) is 6.57. The highest BCUT2D eigenvalue weighted by atomic mass is 19.1. The van der Waals surface area contributed by atoms with Gasteiger partial charge in [-0.25, -0.2) is 13.8 Å². The van der Waals surface area contributed by atoms with Gasteiger partial charge in [0.1, 0.15) is 24.0 Å². The van der Waals surface area contributed by atoms with Gasteiger partial charge in [0.15, 0.2) is 0 Å². The van der Waals surface area contributed by atoms with E-state index in [-0.39, 0.29) is 30.3 Å². The van der Waals surface area contributed by atoms with Crippen LogP contribution >= 0.6 is 0 Å². The zero-order chi connectivity index (χ0) is 27.4. The molecule has 0 bridgehead atoms. The maximum atomic E-state index is 15.0. The zero-order valence-electron chi connectivity index (χ0n) is 22.4. The molecule has 0 amide bonds. The average molecular weight is 524 g/mol. The van der Waals surface area contributed by atoms with Gasteiger partial charge >= 0.3 is 5.97 Å². The van der Waals surface area contributed by atoms with E-state index in [1.165, 1.54) is 25.4 Å². The fraction of sp³-hybridized carbons (Fsp3) is 0.419. The predicted molar refractivity (Wildman–Crippen MR) is 143 cm³/mol. The van der Waals surface area contributed by atoms with E-state index in [1.807, 2.05) is 19.1 Å². The molecule has 5 nitrogen and oxygen atoms in total. The third-order valence-electron chi connectivity index (χ3n) is 7.76. The molecule has 0 spiro atoms. The molecule has 202 valence electrons. The molecule has 0 radical (unpaired) electrons. The van der Waals surface area contributed by atoms with Gasteiger partial charge < -0.3 is 14.6 Å². The number of halogens is 2. The Morgan fingerprint density at radius 2 is 1.95 bits per heavy atom. The zero-order valence-corrected chi connectivity index (χ0v) is 22.4. The number of aliphatic carboxylic acids is 1. The number of methoxy groups -OCH3 is 1. The fourth-order valence-electron chi connectivity index (χ4n) is 5.66. The third-order valence-corrected chi connectivity index (χ3v) is 7.76. The highest BCUT2D eigenvalue weighted by Crippen LogP contribution is 2.51. The molecular weight excluding hydrogens is 488 g/mol. The van der Waals surface area contributed by atoms with E-state index >= 15 is 0 Å². The van der Waals surface area contributed by atoms with Gasteiger partial charge in [-0.3, -0.25) is 4.79 Å². The summed E-state index contributed by atoms with van der Waals surface area (Å²) in [5.74, 6) is -1.17. The van der Waals surface area contributed by atoms with Crippen molar-refractivity contribution in [2.45, 2.75) is 71.3 Å². The van der Waals surface area contributed by atoms with Gasteiger partial charge in [0, 0.05) is 17.7 Å². The Kier molecular flexibility index (Phi) is 8.34. The number of carboxylic acid groups (broad SMARTS) is 1. The Hall–Kier alpha value is -3.48. The molecule has 2 aromatic carbocycles. The summed E-state index contributed by atoms with van der Waals surface area (Å²) < 4.78 is 40.6. The van der Waals surface area contributed by atoms with E-state index in [2.05, 4.69) is 24.9 Å². The summed E-state index contributed by atoms with van der Waals surface area (Å²) in [5, 5.41) is 9.21. The van der Waals surface area contributed by atoms with Crippen molar-refractivity contribution in [2.75, 3.05) is 7.11 Å². The molecule has 7 heteroatoms. The fourth-order valence-corrected chi connectivity index (χ4v) is 5.66. The van der Waals surface area contributed by atoms with Crippen molar-refractivity contribution < 1.29 is 28.2 Å². The van der Waals surface area contributed by atoms with Crippen molar-refractivity contribution >= 4 is 5.97 Å². The molecule has 3 aromatic rings. The minimum Gasteiger partial charge on any atom is -0.489 e. The standard InChI is InChI=1S/C31H35F2NO4/c1-5-20(14-30(35)36)21-12-22(32)15-23(13-21)38-18-19-8-9-24(26-16-29(37-4)34-17-28(26)33)25(11-19)27-7-6-10-31(27,2)3/h8-9,11-13,15-17,20,27H,5-7,10,14,18H2,1-4H3,(H,35,36)/t20-,27+/m0/s1. The molecule has 1 aliphatic carbocycles. The van der Waals surface area contributed by atoms with Gasteiger partial charge in [-0.05, 0) is 70.9 Å². The number of carboxylic acids is 1. The molecule has 0 aliphatic heterocycles. The molecule has 0 saturated heterocycles. The van der Waals surface area contributed by atoms with Crippen molar-refractivity contribution in [3.05, 3.63) is 77.0 Å². The molecular formula is C31H35F2NO4. The van der Waals surface area contributed by atoms with Crippen LogP contribution in [0, 0.1) is 17.0 Å². The molecule has 1 aliphatic rings. The van der Waals surface area contributed by atoms with E-state index in [4.69, 9.17) is 9.47 Å². The smallest absolute Gasteiger partial charge is 0.303 e. The Labute approximate surface area is 222 Å². The number of rotatable bonds is 10. The first-order chi connectivity index (χ1) is 18.1. The largest absolute Gasteiger partial charge is 0.489 e. The topological polar surface area (TPSA) is 68.7 Å². The van der Waals surface area contributed by atoms with Crippen molar-refractivity contribution in [3.8, 4) is 22.8 Å². The van der Waals surface area contributed by atoms with Crippen LogP contribution in [-0.4, -0.2) is 23.2 Å². The molecule has 38 heavy (non-hydrogen) atoms. The van der Waals surface area contributed by atoms with Crippen LogP contribution in [0.3, 0.4) is 0 Å². The molecule has 1 fully saturated rings. The van der Waals surface area contributed by atoms with E-state index in [9.17, 15) is 18.7 Å². The van der Waals surface area contributed by atoms with Gasteiger partial charge in [0.05, 0.1) is 19.7 Å². The van der Waals surface area contributed by atoms with Crippen LogP contribution in [-0.2, 0) is 11.4 Å². The second-order valence-corrected chi connectivity index (χ2v) is 10.8. The van der Waals surface area contributed by atoms with Crippen molar-refractivity contribution in [2.24, 2.45) is 5.41 Å². The first-order valence-corrected chi connectivity index (χ1v) is 13.1. The van der Waals surface area contributed by atoms with Crippen molar-refractivity contribution in [1.82, 2.24) is 4.98 Å². The maximum absolute atomic E-state index is 15.0. The summed E-state index contributed by atoms with van der Waals surface area (Å²) in [4.78, 5) is 15.2. The van der Waals surface area contributed by atoms with Gasteiger partial charge in [-0.1, -0.05) is 45.4 Å². The van der Waals surface area contributed by atoms with Crippen LogP contribution in [0.5, 0.6) is 11.6 Å². The number of aromatic nitrogens is 1. The lowest BCUT2D eigenvalue weighted by molar-refractivity contribution is -0.137. The van der Waals surface area contributed by atoms with Crippen LogP contribution in [0.25, 0.3) is 11.1 Å². The number of hydrogen-bond acceptors (Lipinski definition) is 4. The molecule has 4 rings (SSSR count). The highest BCUT2D eigenvalue weighted by molar-refractivity contribution is 5.70. The van der Waals surface area contributed by atoms with Crippen LogP contribution in [0.4, 0.5) is 8.78 Å². The van der Waals surface area contributed by atoms with Crippen molar-refractivity contribution in [1.29, 1.82) is 0 Å². The highest BCUT2D eigenvalue weighted by Gasteiger charge is 2.37. The number of hydrogen-bond donors (Lipinski definition) is 1. The summed E-state index contributed by atoms with van der Waals surface area (Å²) in [6, 6.07) is 11.9. The lowest BCUT2D eigenvalue weighted by Gasteiger charge is -2.30. The molecule has 1 heterocycles. The minimum atomic E-state index is -0.922. The molecule has 2 atom stereocenters. The lowest BCUT2D eigenvalue weighted by atomic mass is 9.75. The van der Waals surface area contributed by atoms with Crippen LogP contribution < -0.4 is 9.47 Å². The molecule has 1 N–H and O–H groups in total. The normalized spacial score (nSPS) is 17.3. The second kappa shape index (κ2) is 11.5. The lowest BCUT2D eigenvalue weighted by Crippen LogP contribution is -2.17. The van der Waals surface area contributed by atoms with E-state index in [1.54, 1.807) is 12.1 Å². The number of benzene rings is 2. The van der Waals surface area contributed by atoms with Crippen molar-refractivity contribution in [3.63, 3.8) is 0 Å². The number of pyridine rings is 1. The van der Waals surface area contributed by atoms with Crippen LogP contribution in [0.1, 0.15) is 81.4 Å². The Morgan fingerprint density at radius 1 is 1.16 bits per heavy atom.